The first-order valence-electron chi connectivity index (χ1n) is 5.23. The van der Waals surface area contributed by atoms with Gasteiger partial charge in [-0.2, -0.15) is 0 Å². The largest absolute Gasteiger partial charge is 0.508 e. The average Bonchev–Trinajstić information content (AvgIpc) is 2.73. The van der Waals surface area contributed by atoms with Gasteiger partial charge in [0.25, 0.3) is 0 Å². The van der Waals surface area contributed by atoms with Gasteiger partial charge >= 0.3 is 5.97 Å². The number of hydrogen-bond acceptors (Lipinski definition) is 5. The number of carboxylic acids is 1. The summed E-state index contributed by atoms with van der Waals surface area (Å²) in [6.07, 6.45) is 0. The van der Waals surface area contributed by atoms with Gasteiger partial charge in [-0.3, -0.25) is 0 Å². The second-order valence-electron chi connectivity index (χ2n) is 3.70. The van der Waals surface area contributed by atoms with Crippen molar-refractivity contribution in [3.8, 4) is 16.3 Å². The lowest BCUT2D eigenvalue weighted by molar-refractivity contribution is 0.0697. The van der Waals surface area contributed by atoms with E-state index in [0.717, 1.165) is 17.4 Å². The van der Waals surface area contributed by atoms with Gasteiger partial charge in [0.05, 0.1) is 12.3 Å². The third kappa shape index (κ3) is 2.72. The lowest BCUT2D eigenvalue weighted by atomic mass is 10.2. The maximum Gasteiger partial charge on any atom is 0.347 e. The average molecular weight is 283 g/mol. The minimum atomic E-state index is -1.13. The maximum absolute atomic E-state index is 13.7. The monoisotopic (exact) mass is 283 g/mol. The van der Waals surface area contributed by atoms with Gasteiger partial charge in [0.2, 0.25) is 0 Å². The molecule has 0 fully saturated rings. The number of aromatic nitrogens is 1. The molecular formula is C12H10FNO4S. The standard InChI is InChI=1S/C12H10FNO4S/c1-18-5-9-10(12(16)17)19-11(14-9)7-3-2-6(15)4-8(7)13/h2-4,15H,5H2,1H3,(H,16,17). The predicted octanol–water partition coefficient (Wildman–Crippen LogP) is 2.50. The molecule has 2 aromatic rings. The van der Waals surface area contributed by atoms with Gasteiger partial charge in [0.15, 0.2) is 0 Å². The molecule has 0 saturated carbocycles. The van der Waals surface area contributed by atoms with Gasteiger partial charge in [-0.05, 0) is 12.1 Å². The van der Waals surface area contributed by atoms with E-state index in [1.54, 1.807) is 0 Å². The van der Waals surface area contributed by atoms with E-state index in [1.165, 1.54) is 19.2 Å². The molecule has 2 N–H and O–H groups in total. The van der Waals surface area contributed by atoms with Crippen LogP contribution in [-0.4, -0.2) is 28.3 Å². The van der Waals surface area contributed by atoms with Crippen LogP contribution >= 0.6 is 11.3 Å². The molecule has 0 aliphatic carbocycles. The number of aromatic carboxylic acids is 1. The summed E-state index contributed by atoms with van der Waals surface area (Å²) >= 11 is 0.868. The van der Waals surface area contributed by atoms with Crippen molar-refractivity contribution >= 4 is 17.3 Å². The third-order valence-corrected chi connectivity index (χ3v) is 3.47. The van der Waals surface area contributed by atoms with E-state index in [1.807, 2.05) is 0 Å². The van der Waals surface area contributed by atoms with E-state index in [-0.39, 0.29) is 33.5 Å². The van der Waals surface area contributed by atoms with E-state index < -0.39 is 11.8 Å². The molecule has 0 radical (unpaired) electrons. The Hall–Kier alpha value is -1.99. The molecular weight excluding hydrogens is 273 g/mol. The Balaban J connectivity index is 2.50. The molecule has 1 aromatic heterocycles. The van der Waals surface area contributed by atoms with Crippen molar-refractivity contribution in [3.63, 3.8) is 0 Å². The van der Waals surface area contributed by atoms with Crippen LogP contribution in [0.15, 0.2) is 18.2 Å². The third-order valence-electron chi connectivity index (χ3n) is 2.36. The Labute approximate surface area is 111 Å². The van der Waals surface area contributed by atoms with Gasteiger partial charge in [-0.25, -0.2) is 14.2 Å². The zero-order valence-electron chi connectivity index (χ0n) is 9.88. The van der Waals surface area contributed by atoms with Crippen LogP contribution in [0.5, 0.6) is 5.75 Å². The number of carboxylic acid groups (broad SMARTS) is 1. The zero-order valence-corrected chi connectivity index (χ0v) is 10.7. The molecule has 1 aromatic carbocycles. The van der Waals surface area contributed by atoms with Crippen molar-refractivity contribution in [2.75, 3.05) is 7.11 Å². The van der Waals surface area contributed by atoms with Gasteiger partial charge in [0, 0.05) is 18.7 Å². The molecule has 0 bridgehead atoms. The molecule has 1 heterocycles. The molecule has 0 amide bonds. The summed E-state index contributed by atoms with van der Waals surface area (Å²) < 4.78 is 18.6. The highest BCUT2D eigenvalue weighted by atomic mass is 32.1. The maximum atomic E-state index is 13.7. The van der Waals surface area contributed by atoms with Crippen LogP contribution < -0.4 is 0 Å². The number of benzene rings is 1. The van der Waals surface area contributed by atoms with Gasteiger partial charge in [-0.1, -0.05) is 0 Å². The summed E-state index contributed by atoms with van der Waals surface area (Å²) in [5.74, 6) is -1.99. The topological polar surface area (TPSA) is 79.7 Å². The fourth-order valence-corrected chi connectivity index (χ4v) is 2.48. The summed E-state index contributed by atoms with van der Waals surface area (Å²) in [6.45, 7) is 0.0395. The Bertz CT molecular complexity index is 626. The molecule has 5 nitrogen and oxygen atoms in total. The Morgan fingerprint density at radius 1 is 1.53 bits per heavy atom. The molecule has 7 heteroatoms. The molecule has 19 heavy (non-hydrogen) atoms. The van der Waals surface area contributed by atoms with Crippen LogP contribution in [0.25, 0.3) is 10.6 Å². The van der Waals surface area contributed by atoms with E-state index in [4.69, 9.17) is 14.9 Å². The van der Waals surface area contributed by atoms with Crippen LogP contribution in [0, 0.1) is 5.82 Å². The first-order chi connectivity index (χ1) is 9.02. The number of halogens is 1. The smallest absolute Gasteiger partial charge is 0.347 e. The Morgan fingerprint density at radius 2 is 2.26 bits per heavy atom. The number of phenols is 1. The highest BCUT2D eigenvalue weighted by molar-refractivity contribution is 7.17. The molecule has 100 valence electrons. The lowest BCUT2D eigenvalue weighted by Crippen LogP contribution is -1.99. The van der Waals surface area contributed by atoms with Crippen LogP contribution in [0.4, 0.5) is 4.39 Å². The van der Waals surface area contributed by atoms with Crippen molar-refractivity contribution in [3.05, 3.63) is 34.6 Å². The van der Waals surface area contributed by atoms with Crippen LogP contribution in [0.2, 0.25) is 0 Å². The number of methoxy groups -OCH3 is 1. The van der Waals surface area contributed by atoms with E-state index in [0.29, 0.717) is 0 Å². The minimum Gasteiger partial charge on any atom is -0.508 e. The van der Waals surface area contributed by atoms with Crippen molar-refractivity contribution < 1.29 is 24.1 Å². The molecule has 0 aliphatic heterocycles. The lowest BCUT2D eigenvalue weighted by Gasteiger charge is -1.99. The fraction of sp³-hybridized carbons (Fsp3) is 0.167. The fourth-order valence-electron chi connectivity index (χ4n) is 1.55. The molecule has 0 spiro atoms. The van der Waals surface area contributed by atoms with Crippen molar-refractivity contribution in [2.24, 2.45) is 0 Å². The quantitative estimate of drug-likeness (QED) is 0.901. The number of thiazole rings is 1. The second-order valence-corrected chi connectivity index (χ2v) is 4.70. The highest BCUT2D eigenvalue weighted by Crippen LogP contribution is 2.31. The first kappa shape index (κ1) is 13.4. The number of carbonyl (C=O) groups is 1. The number of rotatable bonds is 4. The van der Waals surface area contributed by atoms with Crippen molar-refractivity contribution in [1.82, 2.24) is 4.98 Å². The second kappa shape index (κ2) is 5.33. The van der Waals surface area contributed by atoms with E-state index >= 15 is 0 Å². The molecule has 0 unspecified atom stereocenters. The first-order valence-corrected chi connectivity index (χ1v) is 6.05. The number of hydrogen-bond donors (Lipinski definition) is 2. The van der Waals surface area contributed by atoms with Crippen molar-refractivity contribution in [2.45, 2.75) is 6.61 Å². The summed E-state index contributed by atoms with van der Waals surface area (Å²) in [5.41, 5.74) is 0.398. The SMILES string of the molecule is COCc1nc(-c2ccc(O)cc2F)sc1C(=O)O. The summed E-state index contributed by atoms with van der Waals surface area (Å²) in [5, 5.41) is 18.4. The minimum absolute atomic E-state index is 0.0179. The molecule has 0 saturated heterocycles. The highest BCUT2D eigenvalue weighted by Gasteiger charge is 2.19. The zero-order chi connectivity index (χ0) is 14.0. The van der Waals surface area contributed by atoms with Gasteiger partial charge in [0.1, 0.15) is 21.5 Å². The number of aromatic hydroxyl groups is 1. The number of ether oxygens (including phenoxy) is 1. The van der Waals surface area contributed by atoms with E-state index in [2.05, 4.69) is 4.98 Å². The Kier molecular flexibility index (Phi) is 3.77. The van der Waals surface area contributed by atoms with Gasteiger partial charge in [-0.15, -0.1) is 11.3 Å². The van der Waals surface area contributed by atoms with E-state index in [9.17, 15) is 9.18 Å². The van der Waals surface area contributed by atoms with Crippen LogP contribution in [0.3, 0.4) is 0 Å². The summed E-state index contributed by atoms with van der Waals surface area (Å²) in [4.78, 5) is 15.2. The molecule has 2 rings (SSSR count). The molecule has 0 aliphatic rings. The number of nitrogens with zero attached hydrogens (tertiary/aromatic N) is 1. The predicted molar refractivity (Wildman–Crippen MR) is 66.8 cm³/mol. The normalized spacial score (nSPS) is 10.6. The summed E-state index contributed by atoms with van der Waals surface area (Å²) in [7, 11) is 1.42. The Morgan fingerprint density at radius 3 is 2.84 bits per heavy atom. The number of phenolic OH excluding ortho intramolecular Hbond substituents is 1. The van der Waals surface area contributed by atoms with Crippen LogP contribution in [0.1, 0.15) is 15.4 Å². The van der Waals surface area contributed by atoms with Crippen molar-refractivity contribution in [1.29, 1.82) is 0 Å². The van der Waals surface area contributed by atoms with Crippen LogP contribution in [-0.2, 0) is 11.3 Å². The molecule has 0 atom stereocenters. The van der Waals surface area contributed by atoms with Gasteiger partial charge < -0.3 is 14.9 Å². The summed E-state index contributed by atoms with van der Waals surface area (Å²) in [6, 6.07) is 3.62.